The number of nitrogens with one attached hydrogen (secondary N) is 1. The van der Waals surface area contributed by atoms with Crippen molar-refractivity contribution in [2.45, 2.75) is 25.0 Å². The van der Waals surface area contributed by atoms with Gasteiger partial charge in [0.15, 0.2) is 0 Å². The van der Waals surface area contributed by atoms with Crippen molar-refractivity contribution < 1.29 is 4.74 Å². The summed E-state index contributed by atoms with van der Waals surface area (Å²) in [6.07, 6.45) is 2.39. The number of ether oxygens (including phenoxy) is 1. The monoisotopic (exact) mass is 270 g/mol. The molecule has 1 saturated carbocycles. The maximum absolute atomic E-state index is 5.93. The Morgan fingerprint density at radius 2 is 2.24 bits per heavy atom. The number of rotatable bonds is 4. The van der Waals surface area contributed by atoms with Crippen LogP contribution in [-0.4, -0.2) is 24.2 Å². The molecule has 0 heterocycles. The van der Waals surface area contributed by atoms with Gasteiger partial charge in [-0.15, -0.1) is 0 Å². The van der Waals surface area contributed by atoms with Crippen molar-refractivity contribution in [3.8, 4) is 0 Å². The van der Waals surface area contributed by atoms with E-state index in [4.69, 9.17) is 34.3 Å². The Kier molecular flexibility index (Phi) is 3.86. The van der Waals surface area contributed by atoms with E-state index in [-0.39, 0.29) is 0 Å². The fraction of sp³-hybridized carbons (Fsp3) is 0.417. The van der Waals surface area contributed by atoms with Gasteiger partial charge < -0.3 is 15.8 Å². The number of hydrogen-bond acceptors (Lipinski definition) is 3. The van der Waals surface area contributed by atoms with Crippen molar-refractivity contribution in [3.63, 3.8) is 0 Å². The summed E-state index contributed by atoms with van der Waals surface area (Å²) in [6.45, 7) is 0. The molecule has 1 aliphatic rings. The molecule has 3 N–H and O–H groups in total. The van der Waals surface area contributed by atoms with Gasteiger partial charge in [-0.1, -0.05) is 23.8 Å². The van der Waals surface area contributed by atoms with Gasteiger partial charge in [-0.2, -0.15) is 0 Å². The molecule has 0 bridgehead atoms. The van der Waals surface area contributed by atoms with Crippen molar-refractivity contribution in [2.75, 3.05) is 12.4 Å². The molecule has 0 aliphatic heterocycles. The first-order chi connectivity index (χ1) is 8.10. The van der Waals surface area contributed by atoms with Gasteiger partial charge in [0, 0.05) is 29.4 Å². The van der Waals surface area contributed by atoms with Crippen LogP contribution in [0.2, 0.25) is 5.02 Å². The topological polar surface area (TPSA) is 47.3 Å². The number of halogens is 1. The van der Waals surface area contributed by atoms with Gasteiger partial charge in [-0.25, -0.2) is 0 Å². The Bertz CT molecular complexity index is 433. The van der Waals surface area contributed by atoms with E-state index in [0.717, 1.165) is 24.1 Å². The van der Waals surface area contributed by atoms with E-state index in [1.165, 1.54) is 0 Å². The predicted octanol–water partition coefficient (Wildman–Crippen LogP) is 2.56. The van der Waals surface area contributed by atoms with E-state index in [9.17, 15) is 0 Å². The van der Waals surface area contributed by atoms with Crippen molar-refractivity contribution >= 4 is 34.5 Å². The normalized spacial score (nSPS) is 22.9. The van der Waals surface area contributed by atoms with Crippen molar-refractivity contribution in [3.05, 3.63) is 28.8 Å². The Hall–Kier alpha value is -0.840. The zero-order chi connectivity index (χ0) is 12.4. The zero-order valence-corrected chi connectivity index (χ0v) is 11.1. The second-order valence-electron chi connectivity index (χ2n) is 4.22. The average molecular weight is 271 g/mol. The summed E-state index contributed by atoms with van der Waals surface area (Å²) in [5, 5.41) is 4.05. The molecule has 0 spiro atoms. The van der Waals surface area contributed by atoms with Crippen LogP contribution < -0.4 is 11.1 Å². The highest BCUT2D eigenvalue weighted by Crippen LogP contribution is 2.28. The SMILES string of the molecule is COC1CC(Nc2ccc(Cl)cc2C(N)=S)C1. The summed E-state index contributed by atoms with van der Waals surface area (Å²) >= 11 is 10.9. The largest absolute Gasteiger partial charge is 0.389 e. The molecule has 0 unspecified atom stereocenters. The molecule has 0 saturated heterocycles. The van der Waals surface area contributed by atoms with Crippen LogP contribution in [0.5, 0.6) is 0 Å². The van der Waals surface area contributed by atoms with E-state index < -0.39 is 0 Å². The van der Waals surface area contributed by atoms with Gasteiger partial charge in [0.2, 0.25) is 0 Å². The van der Waals surface area contributed by atoms with E-state index >= 15 is 0 Å². The summed E-state index contributed by atoms with van der Waals surface area (Å²) in [6, 6.07) is 5.96. The minimum absolute atomic E-state index is 0.359. The third kappa shape index (κ3) is 2.89. The molecule has 0 radical (unpaired) electrons. The fourth-order valence-corrected chi connectivity index (χ4v) is 2.28. The Morgan fingerprint density at radius 1 is 1.53 bits per heavy atom. The van der Waals surface area contributed by atoms with Crippen molar-refractivity contribution in [2.24, 2.45) is 5.73 Å². The van der Waals surface area contributed by atoms with Crippen LogP contribution in [0.25, 0.3) is 0 Å². The lowest BCUT2D eigenvalue weighted by Gasteiger charge is -2.35. The van der Waals surface area contributed by atoms with Gasteiger partial charge in [0.1, 0.15) is 4.99 Å². The highest BCUT2D eigenvalue weighted by molar-refractivity contribution is 7.80. The second-order valence-corrected chi connectivity index (χ2v) is 5.10. The number of methoxy groups -OCH3 is 1. The molecule has 92 valence electrons. The molecule has 3 nitrogen and oxygen atoms in total. The second kappa shape index (κ2) is 5.21. The highest BCUT2D eigenvalue weighted by Gasteiger charge is 2.29. The molecule has 1 aromatic rings. The van der Waals surface area contributed by atoms with Gasteiger partial charge in [-0.05, 0) is 31.0 Å². The highest BCUT2D eigenvalue weighted by atomic mass is 35.5. The van der Waals surface area contributed by atoms with Crippen LogP contribution in [0, 0.1) is 0 Å². The van der Waals surface area contributed by atoms with E-state index in [2.05, 4.69) is 5.32 Å². The summed E-state index contributed by atoms with van der Waals surface area (Å²) < 4.78 is 5.24. The minimum atomic E-state index is 0.359. The number of nitrogens with two attached hydrogens (primary N) is 1. The Morgan fingerprint density at radius 3 is 2.82 bits per heavy atom. The first-order valence-electron chi connectivity index (χ1n) is 5.49. The average Bonchev–Trinajstić information content (AvgIpc) is 2.24. The summed E-state index contributed by atoms with van der Waals surface area (Å²) in [5.74, 6) is 0. The molecule has 1 aromatic carbocycles. The number of benzene rings is 1. The maximum atomic E-state index is 5.93. The number of hydrogen-bond donors (Lipinski definition) is 2. The van der Waals surface area contributed by atoms with E-state index in [0.29, 0.717) is 22.2 Å². The van der Waals surface area contributed by atoms with Crippen LogP contribution in [0.1, 0.15) is 18.4 Å². The van der Waals surface area contributed by atoms with Crippen LogP contribution in [0.3, 0.4) is 0 Å². The molecular weight excluding hydrogens is 256 g/mol. The maximum Gasteiger partial charge on any atom is 0.106 e. The molecule has 0 amide bonds. The third-order valence-electron chi connectivity index (χ3n) is 3.03. The first kappa shape index (κ1) is 12.6. The molecular formula is C12H15ClN2OS. The van der Waals surface area contributed by atoms with Crippen molar-refractivity contribution in [1.82, 2.24) is 0 Å². The molecule has 0 aromatic heterocycles. The minimum Gasteiger partial charge on any atom is -0.389 e. The van der Waals surface area contributed by atoms with E-state index in [1.54, 1.807) is 13.2 Å². The van der Waals surface area contributed by atoms with Crippen LogP contribution >= 0.6 is 23.8 Å². The van der Waals surface area contributed by atoms with Gasteiger partial charge >= 0.3 is 0 Å². The number of anilines is 1. The number of thiocarbonyl (C=S) groups is 1. The van der Waals surface area contributed by atoms with Crippen LogP contribution in [-0.2, 0) is 4.74 Å². The zero-order valence-electron chi connectivity index (χ0n) is 9.57. The lowest BCUT2D eigenvalue weighted by atomic mass is 9.89. The fourth-order valence-electron chi connectivity index (χ4n) is 1.94. The molecule has 5 heteroatoms. The van der Waals surface area contributed by atoms with E-state index in [1.807, 2.05) is 12.1 Å². The Balaban J connectivity index is 2.08. The smallest absolute Gasteiger partial charge is 0.106 e. The van der Waals surface area contributed by atoms with Gasteiger partial charge in [0.25, 0.3) is 0 Å². The van der Waals surface area contributed by atoms with Gasteiger partial charge in [0.05, 0.1) is 6.10 Å². The van der Waals surface area contributed by atoms with Gasteiger partial charge in [-0.3, -0.25) is 0 Å². The lowest BCUT2D eigenvalue weighted by Crippen LogP contribution is -2.40. The summed E-state index contributed by atoms with van der Waals surface area (Å²) in [7, 11) is 1.74. The van der Waals surface area contributed by atoms with Crippen molar-refractivity contribution in [1.29, 1.82) is 0 Å². The summed E-state index contributed by atoms with van der Waals surface area (Å²) in [5.41, 5.74) is 7.43. The third-order valence-corrected chi connectivity index (χ3v) is 3.49. The Labute approximate surface area is 111 Å². The van der Waals surface area contributed by atoms with Crippen LogP contribution in [0.15, 0.2) is 18.2 Å². The quantitative estimate of drug-likeness (QED) is 0.826. The predicted molar refractivity (Wildman–Crippen MR) is 74.8 cm³/mol. The summed E-state index contributed by atoms with van der Waals surface area (Å²) in [4.78, 5) is 0.359. The first-order valence-corrected chi connectivity index (χ1v) is 6.27. The standard InChI is InChI=1S/C12H15ClN2OS/c1-16-9-5-8(6-9)15-11-3-2-7(13)4-10(11)12(14)17/h2-4,8-9,15H,5-6H2,1H3,(H2,14,17). The molecule has 0 atom stereocenters. The molecule has 17 heavy (non-hydrogen) atoms. The molecule has 1 aliphatic carbocycles. The lowest BCUT2D eigenvalue weighted by molar-refractivity contribution is 0.0329. The molecule has 2 rings (SSSR count). The molecule has 1 fully saturated rings. The van der Waals surface area contributed by atoms with Crippen LogP contribution in [0.4, 0.5) is 5.69 Å².